The van der Waals surface area contributed by atoms with Crippen LogP contribution in [0.5, 0.6) is 5.75 Å². The van der Waals surface area contributed by atoms with Gasteiger partial charge in [0.15, 0.2) is 5.96 Å². The molecule has 1 aromatic carbocycles. The van der Waals surface area contributed by atoms with Gasteiger partial charge in [-0.1, -0.05) is 23.7 Å². The molecule has 0 bridgehead atoms. The van der Waals surface area contributed by atoms with Crippen LogP contribution in [0.2, 0.25) is 0 Å². The number of aromatic hydroxyl groups is 1. The van der Waals surface area contributed by atoms with Crippen LogP contribution in [0.4, 0.5) is 0 Å². The Kier molecular flexibility index (Phi) is 15.1. The van der Waals surface area contributed by atoms with Crippen molar-refractivity contribution in [2.24, 2.45) is 21.6 Å². The average molecular weight is 646 g/mol. The molecular formula is C27H39N11O8. The smallest absolute Gasteiger partial charge is 0.305 e. The number of benzene rings is 1. The van der Waals surface area contributed by atoms with E-state index in [0.717, 1.165) is 0 Å². The number of phenols is 1. The number of amides is 5. The second-order valence-electron chi connectivity index (χ2n) is 10.4. The van der Waals surface area contributed by atoms with Crippen LogP contribution in [0.3, 0.4) is 0 Å². The number of hydrogen-bond donors (Lipinski definition) is 9. The van der Waals surface area contributed by atoms with Crippen molar-refractivity contribution in [3.05, 3.63) is 40.3 Å². The van der Waals surface area contributed by atoms with E-state index < -0.39 is 72.6 Å². The van der Waals surface area contributed by atoms with Gasteiger partial charge >= 0.3 is 5.97 Å². The van der Waals surface area contributed by atoms with Gasteiger partial charge in [-0.25, -0.2) is 0 Å². The number of guanidine groups is 1. The van der Waals surface area contributed by atoms with Crippen LogP contribution in [0.25, 0.3) is 10.4 Å². The van der Waals surface area contributed by atoms with E-state index in [-0.39, 0.29) is 50.5 Å². The average Bonchev–Trinajstić information content (AvgIpc) is 3.00. The highest BCUT2D eigenvalue weighted by atomic mass is 16.4. The third-order valence-corrected chi connectivity index (χ3v) is 6.74. The Bertz CT molecular complexity index is 1330. The topological polar surface area (TPSA) is 316 Å². The summed E-state index contributed by atoms with van der Waals surface area (Å²) < 4.78 is 0. The van der Waals surface area contributed by atoms with E-state index in [2.05, 4.69) is 41.6 Å². The second-order valence-corrected chi connectivity index (χ2v) is 10.4. The molecule has 0 unspecified atom stereocenters. The third-order valence-electron chi connectivity index (χ3n) is 6.74. The number of rotatable bonds is 13. The van der Waals surface area contributed by atoms with Crippen molar-refractivity contribution in [3.63, 3.8) is 0 Å². The van der Waals surface area contributed by atoms with Gasteiger partial charge in [-0.2, -0.15) is 0 Å². The summed E-state index contributed by atoms with van der Waals surface area (Å²) in [5, 5.41) is 34.7. The van der Waals surface area contributed by atoms with Crippen molar-refractivity contribution in [2.45, 2.75) is 69.1 Å². The van der Waals surface area contributed by atoms with E-state index in [1.165, 1.54) is 24.3 Å². The number of nitrogens with one attached hydrogen (secondary N) is 5. The van der Waals surface area contributed by atoms with E-state index in [4.69, 9.17) is 17.0 Å². The summed E-state index contributed by atoms with van der Waals surface area (Å²) in [5.41, 5.74) is 19.7. The monoisotopic (exact) mass is 645 g/mol. The molecular weight excluding hydrogens is 606 g/mol. The highest BCUT2D eigenvalue weighted by Gasteiger charge is 2.33. The number of unbranched alkanes of at least 4 members (excludes halogenated alkanes) is 1. The van der Waals surface area contributed by atoms with Gasteiger partial charge in [-0.05, 0) is 48.9 Å². The number of carboxylic acid groups (broad SMARTS) is 1. The molecule has 1 saturated heterocycles. The van der Waals surface area contributed by atoms with Gasteiger partial charge in [0.05, 0.1) is 13.0 Å². The van der Waals surface area contributed by atoms with Crippen LogP contribution in [-0.2, 0) is 35.2 Å². The molecule has 11 N–H and O–H groups in total. The minimum atomic E-state index is -1.62. The van der Waals surface area contributed by atoms with E-state index in [9.17, 15) is 39.0 Å². The van der Waals surface area contributed by atoms with Crippen LogP contribution in [0.1, 0.15) is 44.1 Å². The summed E-state index contributed by atoms with van der Waals surface area (Å²) in [5.74, 6) is -5.85. The summed E-state index contributed by atoms with van der Waals surface area (Å²) in [6, 6.07) is 0.363. The molecule has 4 atom stereocenters. The number of azide groups is 1. The van der Waals surface area contributed by atoms with Gasteiger partial charge < -0.3 is 48.3 Å². The van der Waals surface area contributed by atoms with Crippen LogP contribution in [0.15, 0.2) is 34.4 Å². The van der Waals surface area contributed by atoms with E-state index >= 15 is 0 Å². The lowest BCUT2D eigenvalue weighted by Crippen LogP contribution is -2.58. The molecule has 250 valence electrons. The van der Waals surface area contributed by atoms with Crippen LogP contribution < -0.4 is 38.1 Å². The number of aliphatic imine (C=N–C) groups is 1. The first kappa shape index (κ1) is 36.6. The predicted octanol–water partition coefficient (Wildman–Crippen LogP) is -1.99. The van der Waals surface area contributed by atoms with Gasteiger partial charge in [0.1, 0.15) is 29.9 Å². The van der Waals surface area contributed by atoms with Crippen LogP contribution in [-0.4, -0.2) is 95.5 Å². The largest absolute Gasteiger partial charge is 0.508 e. The summed E-state index contributed by atoms with van der Waals surface area (Å²) >= 11 is 0. The Morgan fingerprint density at radius 2 is 1.41 bits per heavy atom. The zero-order valence-electron chi connectivity index (χ0n) is 25.0. The lowest BCUT2D eigenvalue weighted by Gasteiger charge is -2.26. The van der Waals surface area contributed by atoms with Crippen molar-refractivity contribution in [1.82, 2.24) is 26.6 Å². The minimum Gasteiger partial charge on any atom is -0.508 e. The van der Waals surface area contributed by atoms with Crippen LogP contribution >= 0.6 is 0 Å². The highest BCUT2D eigenvalue weighted by molar-refractivity contribution is 5.98. The number of carboxylic acids is 1. The van der Waals surface area contributed by atoms with Gasteiger partial charge in [0, 0.05) is 24.4 Å². The molecule has 0 radical (unpaired) electrons. The molecule has 1 aliphatic rings. The maximum absolute atomic E-state index is 13.6. The zero-order valence-corrected chi connectivity index (χ0v) is 25.0. The molecule has 5 amide bonds. The van der Waals surface area contributed by atoms with Gasteiger partial charge in [-0.15, -0.1) is 0 Å². The number of aliphatic carboxylic acids is 1. The molecule has 1 heterocycles. The number of nitrogens with two attached hydrogens (primary N) is 2. The van der Waals surface area contributed by atoms with Gasteiger partial charge in [0.25, 0.3) is 0 Å². The van der Waals surface area contributed by atoms with Gasteiger partial charge in [-0.3, -0.25) is 33.8 Å². The first-order chi connectivity index (χ1) is 21.9. The Balaban J connectivity index is 2.46. The molecule has 19 nitrogen and oxygen atoms in total. The van der Waals surface area contributed by atoms with Crippen molar-refractivity contribution in [1.29, 1.82) is 0 Å². The van der Waals surface area contributed by atoms with Crippen molar-refractivity contribution in [2.75, 3.05) is 19.6 Å². The maximum atomic E-state index is 13.6. The number of carbonyl (C=O) groups excluding carboxylic acids is 5. The molecule has 19 heteroatoms. The first-order valence-electron chi connectivity index (χ1n) is 14.4. The van der Waals surface area contributed by atoms with Crippen LogP contribution in [0, 0.1) is 0 Å². The Morgan fingerprint density at radius 1 is 0.826 bits per heavy atom. The zero-order chi connectivity index (χ0) is 34.1. The highest BCUT2D eigenvalue weighted by Crippen LogP contribution is 2.13. The molecule has 1 aromatic rings. The normalized spacial score (nSPS) is 21.1. The summed E-state index contributed by atoms with van der Waals surface area (Å²) in [6.45, 7) is -0.384. The maximum Gasteiger partial charge on any atom is 0.305 e. The molecule has 46 heavy (non-hydrogen) atoms. The van der Waals surface area contributed by atoms with Crippen molar-refractivity contribution < 1.29 is 39.0 Å². The fourth-order valence-corrected chi connectivity index (χ4v) is 4.43. The SMILES string of the molecule is [N-]=[N+]=NCCCC[C@@H]1NC(=O)[C@@H](Cc2ccc(O)cc2)NC(=O)[C@H](CC(=O)O)NC(=O)CNC(=O)[C@H](CCCN=C(N)N)NC1=O. The quantitative estimate of drug-likeness (QED) is 0.0284. The summed E-state index contributed by atoms with van der Waals surface area (Å²) in [6.07, 6.45) is 0.0858. The van der Waals surface area contributed by atoms with E-state index in [1.807, 2.05) is 0 Å². The molecule has 1 fully saturated rings. The Hall–Kier alpha value is -5.58. The molecule has 0 saturated carbocycles. The summed E-state index contributed by atoms with van der Waals surface area (Å²) in [7, 11) is 0. The molecule has 0 spiro atoms. The fourth-order valence-electron chi connectivity index (χ4n) is 4.43. The molecule has 0 aliphatic carbocycles. The molecule has 0 aromatic heterocycles. The van der Waals surface area contributed by atoms with E-state index in [0.29, 0.717) is 18.4 Å². The number of nitrogens with zero attached hydrogens (tertiary/aromatic N) is 4. The standard InChI is InChI=1S/C27H39N11O8/c28-27(29)31-10-3-5-17-23(43)32-14-21(40)34-20(13-22(41)42)26(46)37-19(12-15-6-8-16(39)9-7-15)25(45)36-18(24(44)35-17)4-1-2-11-33-38-30/h6-9,17-20,39H,1-5,10-14H2,(H,32,43)(H,34,40)(H,35,44)(H,36,45)(H,37,46)(H,41,42)(H4,28,29,31)/t17-,18-,19+,20-/m0/s1. The second kappa shape index (κ2) is 18.9. The minimum absolute atomic E-state index is 0.0404. The Morgan fingerprint density at radius 3 is 2.04 bits per heavy atom. The molecule has 2 rings (SSSR count). The first-order valence-corrected chi connectivity index (χ1v) is 14.4. The number of carbonyl (C=O) groups is 6. The van der Waals surface area contributed by atoms with Crippen molar-refractivity contribution >= 4 is 41.5 Å². The van der Waals surface area contributed by atoms with Crippen molar-refractivity contribution in [3.8, 4) is 5.75 Å². The molecule has 1 aliphatic heterocycles. The van der Waals surface area contributed by atoms with Gasteiger partial charge in [0.2, 0.25) is 29.5 Å². The Labute approximate surface area is 263 Å². The lowest BCUT2D eigenvalue weighted by molar-refractivity contribution is -0.141. The summed E-state index contributed by atoms with van der Waals surface area (Å²) in [4.78, 5) is 84.1. The number of phenolic OH excluding ortho intramolecular Hbond substituents is 1. The fraction of sp³-hybridized carbons (Fsp3) is 0.519. The third kappa shape index (κ3) is 13.4. The van der Waals surface area contributed by atoms with E-state index in [1.54, 1.807) is 0 Å². The predicted molar refractivity (Wildman–Crippen MR) is 163 cm³/mol. The lowest BCUT2D eigenvalue weighted by atomic mass is 10.0. The number of hydrogen-bond acceptors (Lipinski definition) is 9.